The summed E-state index contributed by atoms with van der Waals surface area (Å²) in [4.78, 5) is 0. The fraction of sp³-hybridized carbons (Fsp3) is 0.0588. The third kappa shape index (κ3) is 5.77. The molecule has 0 N–H and O–H groups in total. The molecule has 2 aliphatic rings. The standard InChI is InChI=1S/C34H9F7N6O2/c35-32-30-22(28(18(10-42)11-43)26(24(30)14-46)16-1-5-20(6-2-16)48-33(36,37)38)9-23-29(19(12-44)13-45)27(25(15-47)31(23)32)17-3-7-21(8-4-17)49-34(39,40)41/h1-9H. The van der Waals surface area contributed by atoms with E-state index >= 15 is 4.39 Å². The largest absolute Gasteiger partial charge is 0.573 e. The van der Waals surface area contributed by atoms with Crippen LogP contribution in [-0.2, 0) is 0 Å². The van der Waals surface area contributed by atoms with Crippen LogP contribution in [0, 0.1) is 73.8 Å². The van der Waals surface area contributed by atoms with E-state index in [0.717, 1.165) is 54.6 Å². The normalized spacial score (nSPS) is 13.2. The van der Waals surface area contributed by atoms with E-state index in [1.807, 2.05) is 0 Å². The first-order valence-corrected chi connectivity index (χ1v) is 13.2. The average Bonchev–Trinajstić information content (AvgIpc) is 3.55. The summed E-state index contributed by atoms with van der Waals surface area (Å²) in [6.45, 7) is 0. The number of fused-ring (bicyclic) bond motifs is 2. The molecule has 3 aromatic carbocycles. The number of nitrogens with zero attached hydrogens (tertiary/aromatic N) is 6. The number of alkyl halides is 6. The van der Waals surface area contributed by atoms with Crippen molar-refractivity contribution in [2.24, 2.45) is 0 Å². The molecule has 5 rings (SSSR count). The van der Waals surface area contributed by atoms with Crippen LogP contribution in [0.2, 0.25) is 0 Å². The molecule has 0 heterocycles. The molecule has 0 radical (unpaired) electrons. The van der Waals surface area contributed by atoms with Crippen LogP contribution in [0.5, 0.6) is 11.5 Å². The molecule has 0 unspecified atom stereocenters. The van der Waals surface area contributed by atoms with E-state index in [0.29, 0.717) is 0 Å². The van der Waals surface area contributed by atoms with Crippen molar-refractivity contribution >= 4 is 33.4 Å². The molecule has 0 bridgehead atoms. The van der Waals surface area contributed by atoms with Gasteiger partial charge < -0.3 is 9.47 Å². The zero-order valence-electron chi connectivity index (χ0n) is 23.8. The quantitative estimate of drug-likeness (QED) is 0.199. The Bertz CT molecular complexity index is 2160. The average molecular weight is 666 g/mol. The maximum absolute atomic E-state index is 16.9. The van der Waals surface area contributed by atoms with Crippen LogP contribution in [-0.4, -0.2) is 12.7 Å². The summed E-state index contributed by atoms with van der Waals surface area (Å²) in [6, 6.07) is 19.2. The van der Waals surface area contributed by atoms with Gasteiger partial charge in [0.25, 0.3) is 0 Å². The first-order valence-electron chi connectivity index (χ1n) is 13.2. The second-order valence-electron chi connectivity index (χ2n) is 9.85. The zero-order valence-corrected chi connectivity index (χ0v) is 23.8. The molecule has 0 saturated carbocycles. The van der Waals surface area contributed by atoms with E-state index in [4.69, 9.17) is 0 Å². The zero-order chi connectivity index (χ0) is 35.8. The monoisotopic (exact) mass is 666 g/mol. The Balaban J connectivity index is 1.84. The highest BCUT2D eigenvalue weighted by Gasteiger charge is 2.41. The van der Waals surface area contributed by atoms with Crippen molar-refractivity contribution in [2.45, 2.75) is 12.7 Å². The van der Waals surface area contributed by atoms with Crippen LogP contribution in [0.4, 0.5) is 30.7 Å². The van der Waals surface area contributed by atoms with Gasteiger partial charge in [-0.3, -0.25) is 0 Å². The predicted octanol–water partition coefficient (Wildman–Crippen LogP) is 8.12. The first kappa shape index (κ1) is 33.0. The van der Waals surface area contributed by atoms with Crippen molar-refractivity contribution in [1.29, 1.82) is 31.6 Å². The molecule has 236 valence electrons. The van der Waals surface area contributed by atoms with Crippen molar-refractivity contribution in [3.8, 4) is 47.9 Å². The van der Waals surface area contributed by atoms with Crippen molar-refractivity contribution in [3.05, 3.63) is 105 Å². The van der Waals surface area contributed by atoms with Gasteiger partial charge in [-0.2, -0.15) is 31.6 Å². The summed E-state index contributed by atoms with van der Waals surface area (Å²) in [6.07, 6.45) is -10.1. The van der Waals surface area contributed by atoms with Gasteiger partial charge in [-0.15, -0.1) is 26.3 Å². The molecule has 49 heavy (non-hydrogen) atoms. The Morgan fingerprint density at radius 1 is 0.531 bits per heavy atom. The molecule has 3 aromatic rings. The van der Waals surface area contributed by atoms with Crippen LogP contribution in [0.3, 0.4) is 0 Å². The van der Waals surface area contributed by atoms with Crippen LogP contribution < -0.4 is 9.47 Å². The highest BCUT2D eigenvalue weighted by atomic mass is 19.4. The number of halogens is 7. The van der Waals surface area contributed by atoms with E-state index in [-0.39, 0.29) is 44.5 Å². The second kappa shape index (κ2) is 12.1. The Hall–Kier alpha value is -7.33. The van der Waals surface area contributed by atoms with Gasteiger partial charge in [0.1, 0.15) is 64.9 Å². The van der Waals surface area contributed by atoms with E-state index in [9.17, 15) is 57.9 Å². The number of allylic oxidation sites excluding steroid dienone is 8. The van der Waals surface area contributed by atoms with Gasteiger partial charge in [-0.05, 0) is 52.6 Å². The molecule has 0 saturated heterocycles. The molecule has 15 heteroatoms. The molecule has 8 nitrogen and oxygen atoms in total. The molecular weight excluding hydrogens is 657 g/mol. The van der Waals surface area contributed by atoms with Crippen molar-refractivity contribution in [1.82, 2.24) is 0 Å². The van der Waals surface area contributed by atoms with Gasteiger partial charge in [0.15, 0.2) is 0 Å². The number of hydrogen-bond donors (Lipinski definition) is 0. The summed E-state index contributed by atoms with van der Waals surface area (Å²) in [5.41, 5.74) is -4.82. The van der Waals surface area contributed by atoms with Gasteiger partial charge in [0.05, 0.1) is 11.1 Å². The Morgan fingerprint density at radius 2 is 0.857 bits per heavy atom. The number of rotatable bonds is 4. The van der Waals surface area contributed by atoms with E-state index in [1.165, 1.54) is 0 Å². The summed E-state index contributed by atoms with van der Waals surface area (Å²) in [5.74, 6) is -2.54. The molecule has 0 amide bonds. The van der Waals surface area contributed by atoms with E-state index in [1.54, 1.807) is 36.4 Å². The lowest BCUT2D eigenvalue weighted by atomic mass is 9.89. The van der Waals surface area contributed by atoms with Crippen LogP contribution in [0.25, 0.3) is 33.4 Å². The molecule has 2 aliphatic carbocycles. The Kier molecular flexibility index (Phi) is 8.17. The number of hydrogen-bond acceptors (Lipinski definition) is 8. The van der Waals surface area contributed by atoms with Crippen LogP contribution in [0.15, 0.2) is 65.7 Å². The molecule has 0 aromatic heterocycles. The lowest BCUT2D eigenvalue weighted by molar-refractivity contribution is -0.275. The SMILES string of the molecule is N#CC(C#N)=C1C(c2ccc(OC(F)(F)F)cc2)=C(C#N)c2c1cc1c(c2F)C(C#N)=C(c2ccc(OC(F)(F)F)cc2)C1=C(C#N)C#N. The number of nitriles is 6. The maximum atomic E-state index is 16.9. The van der Waals surface area contributed by atoms with Gasteiger partial charge in [0.2, 0.25) is 0 Å². The lowest BCUT2D eigenvalue weighted by Gasteiger charge is -2.13. The Morgan fingerprint density at radius 3 is 1.12 bits per heavy atom. The minimum atomic E-state index is -5.04. The minimum absolute atomic E-state index is 0.0248. The minimum Gasteiger partial charge on any atom is -0.406 e. The molecule has 0 atom stereocenters. The van der Waals surface area contributed by atoms with Crippen molar-refractivity contribution in [3.63, 3.8) is 0 Å². The molecule has 0 fully saturated rings. The summed E-state index contributed by atoms with van der Waals surface area (Å²) in [7, 11) is 0. The Labute approximate surface area is 270 Å². The van der Waals surface area contributed by atoms with Crippen molar-refractivity contribution in [2.75, 3.05) is 0 Å². The van der Waals surface area contributed by atoms with Gasteiger partial charge >= 0.3 is 12.7 Å². The smallest absolute Gasteiger partial charge is 0.406 e. The van der Waals surface area contributed by atoms with Gasteiger partial charge in [-0.25, -0.2) is 4.39 Å². The summed E-state index contributed by atoms with van der Waals surface area (Å²) in [5, 5.41) is 59.9. The maximum Gasteiger partial charge on any atom is 0.573 e. The van der Waals surface area contributed by atoms with Crippen LogP contribution in [0.1, 0.15) is 33.4 Å². The van der Waals surface area contributed by atoms with Gasteiger partial charge in [0, 0.05) is 33.4 Å². The number of benzene rings is 3. The summed E-state index contributed by atoms with van der Waals surface area (Å²) >= 11 is 0. The van der Waals surface area contributed by atoms with E-state index < -0.39 is 63.5 Å². The third-order valence-corrected chi connectivity index (χ3v) is 7.23. The fourth-order valence-electron chi connectivity index (χ4n) is 5.54. The highest BCUT2D eigenvalue weighted by Crippen LogP contribution is 2.55. The molecule has 0 spiro atoms. The first-order chi connectivity index (χ1) is 23.2. The fourth-order valence-corrected chi connectivity index (χ4v) is 5.54. The van der Waals surface area contributed by atoms with E-state index in [2.05, 4.69) is 9.47 Å². The van der Waals surface area contributed by atoms with Gasteiger partial charge in [-0.1, -0.05) is 24.3 Å². The van der Waals surface area contributed by atoms with Crippen LogP contribution >= 0.6 is 0 Å². The third-order valence-electron chi connectivity index (χ3n) is 7.23. The second-order valence-corrected chi connectivity index (χ2v) is 9.85. The predicted molar refractivity (Wildman–Crippen MR) is 154 cm³/mol. The molecular formula is C34H9F7N6O2. The summed E-state index contributed by atoms with van der Waals surface area (Å²) < 4.78 is 101. The lowest BCUT2D eigenvalue weighted by Crippen LogP contribution is -2.17. The topological polar surface area (TPSA) is 161 Å². The van der Waals surface area contributed by atoms with Crippen molar-refractivity contribution < 1.29 is 40.2 Å². The highest BCUT2D eigenvalue weighted by molar-refractivity contribution is 6.30. The number of ether oxygens (including phenoxy) is 2. The molecule has 0 aliphatic heterocycles.